The lowest BCUT2D eigenvalue weighted by Crippen LogP contribution is -2.53. The van der Waals surface area contributed by atoms with Gasteiger partial charge in [-0.2, -0.15) is 0 Å². The Morgan fingerprint density at radius 3 is 2.42 bits per heavy atom. The second-order valence-electron chi connectivity index (χ2n) is 7.39. The van der Waals surface area contributed by atoms with Crippen LogP contribution < -0.4 is 15.5 Å². The van der Waals surface area contributed by atoms with Crippen molar-refractivity contribution in [1.82, 2.24) is 15.5 Å². The number of nitrogens with one attached hydrogen (secondary N) is 2. The Morgan fingerprint density at radius 1 is 1.19 bits per heavy atom. The first-order valence-corrected chi connectivity index (χ1v) is 9.14. The molecule has 1 aliphatic heterocycles. The number of amides is 1. The molecule has 0 aromatic heterocycles. The fraction of sp³-hybridized carbons (Fsp3) is 0.579. The minimum Gasteiger partial charge on any atom is -0.366 e. The lowest BCUT2D eigenvalue weighted by molar-refractivity contribution is -0.121. The Labute approximate surface area is 155 Å². The number of guanidine groups is 1. The van der Waals surface area contributed by atoms with E-state index in [-0.39, 0.29) is 23.8 Å². The third-order valence-electron chi connectivity index (χ3n) is 3.99. The van der Waals surface area contributed by atoms with Gasteiger partial charge in [0, 0.05) is 38.3 Å². The third-order valence-corrected chi connectivity index (χ3v) is 3.99. The van der Waals surface area contributed by atoms with Gasteiger partial charge >= 0.3 is 0 Å². The smallest absolute Gasteiger partial charge is 0.242 e. The number of rotatable bonds is 4. The van der Waals surface area contributed by atoms with Crippen molar-refractivity contribution in [3.05, 3.63) is 30.1 Å². The largest absolute Gasteiger partial charge is 0.366 e. The SMILES string of the molecule is CCNC(=NCC(=O)NC(C)(C)C)N1CCN(c2ccccc2F)CC1. The summed E-state index contributed by atoms with van der Waals surface area (Å²) in [4.78, 5) is 20.6. The molecule has 0 unspecified atom stereocenters. The molecule has 2 rings (SSSR count). The second-order valence-corrected chi connectivity index (χ2v) is 7.39. The maximum atomic E-state index is 14.0. The summed E-state index contributed by atoms with van der Waals surface area (Å²) in [5, 5.41) is 6.15. The van der Waals surface area contributed by atoms with E-state index in [1.165, 1.54) is 6.07 Å². The molecule has 1 fully saturated rings. The number of benzene rings is 1. The van der Waals surface area contributed by atoms with Crippen molar-refractivity contribution in [3.8, 4) is 0 Å². The van der Waals surface area contributed by atoms with Crippen molar-refractivity contribution >= 4 is 17.6 Å². The Kier molecular flexibility index (Phi) is 6.83. The summed E-state index contributed by atoms with van der Waals surface area (Å²) in [7, 11) is 0. The molecule has 144 valence electrons. The number of carbonyl (C=O) groups is 1. The molecule has 0 saturated carbocycles. The number of anilines is 1. The molecular formula is C19H30FN5O. The topological polar surface area (TPSA) is 60.0 Å². The average molecular weight is 363 g/mol. The lowest BCUT2D eigenvalue weighted by atomic mass is 10.1. The number of piperazine rings is 1. The first-order valence-electron chi connectivity index (χ1n) is 9.14. The van der Waals surface area contributed by atoms with Gasteiger partial charge in [-0.25, -0.2) is 9.38 Å². The normalized spacial score (nSPS) is 15.8. The van der Waals surface area contributed by atoms with Crippen LogP contribution in [0.4, 0.5) is 10.1 Å². The minimum absolute atomic E-state index is 0.0904. The van der Waals surface area contributed by atoms with Gasteiger partial charge in [0.15, 0.2) is 5.96 Å². The zero-order valence-electron chi connectivity index (χ0n) is 16.2. The molecule has 6 nitrogen and oxygen atoms in total. The van der Waals surface area contributed by atoms with Crippen molar-refractivity contribution in [3.63, 3.8) is 0 Å². The van der Waals surface area contributed by atoms with Crippen LogP contribution in [0.25, 0.3) is 0 Å². The van der Waals surface area contributed by atoms with Gasteiger partial charge in [0.1, 0.15) is 12.4 Å². The maximum Gasteiger partial charge on any atom is 0.242 e. The van der Waals surface area contributed by atoms with Gasteiger partial charge in [-0.05, 0) is 39.8 Å². The van der Waals surface area contributed by atoms with Crippen LogP contribution in [0.3, 0.4) is 0 Å². The molecule has 0 radical (unpaired) electrons. The van der Waals surface area contributed by atoms with E-state index >= 15 is 0 Å². The van der Waals surface area contributed by atoms with Crippen molar-refractivity contribution in [1.29, 1.82) is 0 Å². The highest BCUT2D eigenvalue weighted by Gasteiger charge is 2.22. The molecule has 1 aromatic carbocycles. The van der Waals surface area contributed by atoms with Crippen LogP contribution in [0.2, 0.25) is 0 Å². The van der Waals surface area contributed by atoms with Crippen LogP contribution in [0.5, 0.6) is 0 Å². The molecule has 1 saturated heterocycles. The number of aliphatic imine (C=N–C) groups is 1. The lowest BCUT2D eigenvalue weighted by Gasteiger charge is -2.37. The van der Waals surface area contributed by atoms with Gasteiger partial charge in [-0.15, -0.1) is 0 Å². The summed E-state index contributed by atoms with van der Waals surface area (Å²) < 4.78 is 14.0. The van der Waals surface area contributed by atoms with E-state index in [1.807, 2.05) is 38.7 Å². The monoisotopic (exact) mass is 363 g/mol. The van der Waals surface area contributed by atoms with Crippen LogP contribution in [-0.4, -0.2) is 61.6 Å². The number of hydrogen-bond acceptors (Lipinski definition) is 3. The number of carbonyl (C=O) groups excluding carboxylic acids is 1. The van der Waals surface area contributed by atoms with Crippen molar-refractivity contribution < 1.29 is 9.18 Å². The zero-order chi connectivity index (χ0) is 19.2. The zero-order valence-corrected chi connectivity index (χ0v) is 16.2. The van der Waals surface area contributed by atoms with E-state index < -0.39 is 0 Å². The van der Waals surface area contributed by atoms with Crippen LogP contribution in [0, 0.1) is 5.82 Å². The summed E-state index contributed by atoms with van der Waals surface area (Å²) in [6, 6.07) is 6.85. The summed E-state index contributed by atoms with van der Waals surface area (Å²) in [6.45, 7) is 11.5. The van der Waals surface area contributed by atoms with E-state index in [0.29, 0.717) is 18.8 Å². The Balaban J connectivity index is 1.96. The molecule has 0 bridgehead atoms. The summed E-state index contributed by atoms with van der Waals surface area (Å²) in [5.41, 5.74) is 0.370. The molecule has 1 heterocycles. The number of para-hydroxylation sites is 1. The van der Waals surface area contributed by atoms with E-state index in [4.69, 9.17) is 0 Å². The molecule has 26 heavy (non-hydrogen) atoms. The molecular weight excluding hydrogens is 333 g/mol. The first-order chi connectivity index (χ1) is 12.3. The molecule has 1 aromatic rings. The highest BCUT2D eigenvalue weighted by Crippen LogP contribution is 2.20. The molecule has 2 N–H and O–H groups in total. The van der Waals surface area contributed by atoms with Gasteiger partial charge in [0.25, 0.3) is 0 Å². The Morgan fingerprint density at radius 2 is 1.85 bits per heavy atom. The Hall–Kier alpha value is -2.31. The van der Waals surface area contributed by atoms with E-state index in [9.17, 15) is 9.18 Å². The van der Waals surface area contributed by atoms with Gasteiger partial charge in [0.2, 0.25) is 5.91 Å². The van der Waals surface area contributed by atoms with E-state index in [1.54, 1.807) is 12.1 Å². The van der Waals surface area contributed by atoms with Crippen molar-refractivity contribution in [2.45, 2.75) is 33.2 Å². The number of nitrogens with zero attached hydrogens (tertiary/aromatic N) is 3. The van der Waals surface area contributed by atoms with E-state index in [0.717, 1.165) is 25.6 Å². The molecule has 0 spiro atoms. The van der Waals surface area contributed by atoms with Crippen molar-refractivity contribution in [2.75, 3.05) is 44.2 Å². The summed E-state index contributed by atoms with van der Waals surface area (Å²) >= 11 is 0. The van der Waals surface area contributed by atoms with Crippen LogP contribution in [0.15, 0.2) is 29.3 Å². The fourth-order valence-electron chi connectivity index (χ4n) is 2.90. The Bertz CT molecular complexity index is 633. The van der Waals surface area contributed by atoms with Gasteiger partial charge in [-0.1, -0.05) is 12.1 Å². The molecule has 1 amide bonds. The predicted molar refractivity (Wildman–Crippen MR) is 104 cm³/mol. The van der Waals surface area contributed by atoms with Crippen LogP contribution in [0.1, 0.15) is 27.7 Å². The summed E-state index contributed by atoms with van der Waals surface area (Å²) in [6.07, 6.45) is 0. The highest BCUT2D eigenvalue weighted by molar-refractivity contribution is 5.85. The van der Waals surface area contributed by atoms with Gasteiger partial charge in [-0.3, -0.25) is 4.79 Å². The van der Waals surface area contributed by atoms with Crippen LogP contribution >= 0.6 is 0 Å². The van der Waals surface area contributed by atoms with Crippen LogP contribution in [-0.2, 0) is 4.79 Å². The second kappa shape index (κ2) is 8.87. The summed E-state index contributed by atoms with van der Waals surface area (Å²) in [5.74, 6) is 0.433. The molecule has 1 aliphatic rings. The molecule has 7 heteroatoms. The van der Waals surface area contributed by atoms with Gasteiger partial charge < -0.3 is 20.4 Å². The third kappa shape index (κ3) is 5.89. The maximum absolute atomic E-state index is 14.0. The fourth-order valence-corrected chi connectivity index (χ4v) is 2.90. The number of halogens is 1. The first kappa shape index (κ1) is 20.0. The molecule has 0 atom stereocenters. The van der Waals surface area contributed by atoms with Gasteiger partial charge in [0.05, 0.1) is 5.69 Å². The minimum atomic E-state index is -0.268. The number of hydrogen-bond donors (Lipinski definition) is 2. The predicted octanol–water partition coefficient (Wildman–Crippen LogP) is 1.83. The average Bonchev–Trinajstić information content (AvgIpc) is 2.58. The highest BCUT2D eigenvalue weighted by atomic mass is 19.1. The van der Waals surface area contributed by atoms with Crippen molar-refractivity contribution in [2.24, 2.45) is 4.99 Å². The van der Waals surface area contributed by atoms with E-state index in [2.05, 4.69) is 20.5 Å². The molecule has 0 aliphatic carbocycles. The quantitative estimate of drug-likeness (QED) is 0.633. The standard InChI is InChI=1S/C19H30FN5O/c1-5-21-18(22-14-17(26)23-19(2,3)4)25-12-10-24(11-13-25)16-9-7-6-8-15(16)20/h6-9H,5,10-14H2,1-4H3,(H,21,22)(H,23,26).